The number of fused-ring (bicyclic) bond motifs is 1. The van der Waals surface area contributed by atoms with Crippen LogP contribution in [0.3, 0.4) is 0 Å². The Balaban J connectivity index is 1.27. The van der Waals surface area contributed by atoms with Gasteiger partial charge >= 0.3 is 0 Å². The zero-order valence-electron chi connectivity index (χ0n) is 26.1. The lowest BCUT2D eigenvalue weighted by atomic mass is 10.1. The second-order valence-corrected chi connectivity index (χ2v) is 11.9. The number of carbonyl (C=O) groups is 2. The minimum atomic E-state index is -0.270. The molecule has 0 radical (unpaired) electrons. The van der Waals surface area contributed by atoms with E-state index in [-0.39, 0.29) is 36.5 Å². The molecule has 0 unspecified atom stereocenters. The number of hydrogen-bond acceptors (Lipinski definition) is 9. The monoisotopic (exact) mass is 655 g/mol. The predicted octanol–water partition coefficient (Wildman–Crippen LogP) is 4.02. The van der Waals surface area contributed by atoms with Crippen LogP contribution in [0.5, 0.6) is 11.5 Å². The SMILES string of the molecule is CC(C)Oc1ccc(C(=O)Cn2ccnn2)cc1-n1c(CN2CCN(C(=O)COc3ccc(Cl)cc3)CC2)nc2ccccc2c1=O. The molecule has 3 heterocycles. The normalized spacial score (nSPS) is 13.7. The molecule has 242 valence electrons. The van der Waals surface area contributed by atoms with Crippen molar-refractivity contribution in [1.29, 1.82) is 0 Å². The molecule has 0 N–H and O–H groups in total. The van der Waals surface area contributed by atoms with Gasteiger partial charge in [0.25, 0.3) is 11.5 Å². The van der Waals surface area contributed by atoms with Gasteiger partial charge in [-0.3, -0.25) is 23.9 Å². The molecular weight excluding hydrogens is 622 g/mol. The Hall–Kier alpha value is -5.07. The Morgan fingerprint density at radius 2 is 1.74 bits per heavy atom. The highest BCUT2D eigenvalue weighted by Crippen LogP contribution is 2.27. The van der Waals surface area contributed by atoms with Gasteiger partial charge < -0.3 is 14.4 Å². The van der Waals surface area contributed by atoms with E-state index in [0.717, 1.165) is 0 Å². The number of piperazine rings is 1. The van der Waals surface area contributed by atoms with Gasteiger partial charge in [-0.1, -0.05) is 28.9 Å². The molecule has 3 aromatic carbocycles. The molecule has 0 bridgehead atoms. The van der Waals surface area contributed by atoms with Gasteiger partial charge in [0, 0.05) is 43.0 Å². The molecule has 1 aliphatic rings. The minimum Gasteiger partial charge on any atom is -0.489 e. The summed E-state index contributed by atoms with van der Waals surface area (Å²) in [6.45, 7) is 6.19. The number of benzene rings is 3. The van der Waals surface area contributed by atoms with Crippen LogP contribution in [0.1, 0.15) is 30.0 Å². The first kappa shape index (κ1) is 31.9. The highest BCUT2D eigenvalue weighted by molar-refractivity contribution is 6.30. The quantitative estimate of drug-likeness (QED) is 0.194. The number of halogens is 1. The maximum Gasteiger partial charge on any atom is 0.266 e. The van der Waals surface area contributed by atoms with Crippen LogP contribution in [0.25, 0.3) is 16.6 Å². The van der Waals surface area contributed by atoms with E-state index in [0.29, 0.717) is 77.2 Å². The van der Waals surface area contributed by atoms with Crippen molar-refractivity contribution in [2.75, 3.05) is 32.8 Å². The third kappa shape index (κ3) is 7.50. The van der Waals surface area contributed by atoms with Gasteiger partial charge in [0.15, 0.2) is 12.4 Å². The van der Waals surface area contributed by atoms with E-state index in [1.165, 1.54) is 10.9 Å². The van der Waals surface area contributed by atoms with Crippen LogP contribution in [0, 0.1) is 0 Å². The fourth-order valence-corrected chi connectivity index (χ4v) is 5.56. The number of Topliss-reactive ketones (excluding diaryl/α,β-unsaturated/α-hetero) is 1. The molecule has 13 heteroatoms. The fourth-order valence-electron chi connectivity index (χ4n) is 5.43. The Morgan fingerprint density at radius 1 is 0.979 bits per heavy atom. The van der Waals surface area contributed by atoms with Crippen LogP contribution in [-0.2, 0) is 17.9 Å². The molecule has 0 atom stereocenters. The number of hydrogen-bond donors (Lipinski definition) is 0. The van der Waals surface area contributed by atoms with Crippen LogP contribution in [-0.4, -0.2) is 84.9 Å². The molecule has 2 aromatic heterocycles. The molecule has 1 aliphatic heterocycles. The molecular formula is C34H34ClN7O5. The maximum atomic E-state index is 14.2. The van der Waals surface area contributed by atoms with Gasteiger partial charge in [-0.25, -0.2) is 9.67 Å². The van der Waals surface area contributed by atoms with E-state index in [1.54, 1.807) is 70.3 Å². The van der Waals surface area contributed by atoms with Gasteiger partial charge in [-0.05, 0) is 68.4 Å². The topological polar surface area (TPSA) is 125 Å². The van der Waals surface area contributed by atoms with Crippen LogP contribution < -0.4 is 15.0 Å². The smallest absolute Gasteiger partial charge is 0.266 e. The largest absolute Gasteiger partial charge is 0.489 e. The lowest BCUT2D eigenvalue weighted by Crippen LogP contribution is -2.50. The predicted molar refractivity (Wildman–Crippen MR) is 176 cm³/mol. The Bertz CT molecular complexity index is 1940. The number of nitrogens with zero attached hydrogens (tertiary/aromatic N) is 7. The summed E-state index contributed by atoms with van der Waals surface area (Å²) < 4.78 is 14.8. The molecule has 0 aliphatic carbocycles. The van der Waals surface area contributed by atoms with E-state index in [9.17, 15) is 14.4 Å². The molecule has 1 saturated heterocycles. The summed E-state index contributed by atoms with van der Waals surface area (Å²) in [4.78, 5) is 49.2. The van der Waals surface area contributed by atoms with Crippen molar-refractivity contribution in [3.63, 3.8) is 0 Å². The van der Waals surface area contributed by atoms with Crippen molar-refractivity contribution >= 4 is 34.2 Å². The van der Waals surface area contributed by atoms with Gasteiger partial charge in [-0.2, -0.15) is 0 Å². The van der Waals surface area contributed by atoms with Gasteiger partial charge in [0.05, 0.1) is 35.4 Å². The molecule has 1 amide bonds. The number of aromatic nitrogens is 5. The number of ether oxygens (including phenoxy) is 2. The maximum absolute atomic E-state index is 14.2. The number of amides is 1. The standard InChI is InChI=1S/C34H34ClN7O5/c1-23(2)47-31-12-7-24(30(43)20-41-14-13-36-38-41)19-29(31)42-32(37-28-6-4-3-5-27(28)34(42)45)21-39-15-17-40(18-16-39)33(44)22-46-26-10-8-25(35)9-11-26/h3-14,19,23H,15-18,20-22H2,1-2H3. The molecule has 6 rings (SSSR count). The van der Waals surface area contributed by atoms with E-state index >= 15 is 0 Å². The second-order valence-electron chi connectivity index (χ2n) is 11.5. The first-order valence-electron chi connectivity index (χ1n) is 15.3. The highest BCUT2D eigenvalue weighted by atomic mass is 35.5. The molecule has 12 nitrogen and oxygen atoms in total. The molecule has 0 spiro atoms. The van der Waals surface area contributed by atoms with Crippen molar-refractivity contribution in [2.24, 2.45) is 0 Å². The van der Waals surface area contributed by atoms with E-state index in [1.807, 2.05) is 26.0 Å². The Labute approximate surface area is 276 Å². The third-order valence-electron chi connectivity index (χ3n) is 7.77. The van der Waals surface area contributed by atoms with Crippen molar-refractivity contribution in [3.8, 4) is 17.2 Å². The van der Waals surface area contributed by atoms with E-state index in [4.69, 9.17) is 26.1 Å². The molecule has 5 aromatic rings. The van der Waals surface area contributed by atoms with Gasteiger partial charge in [-0.15, -0.1) is 5.10 Å². The van der Waals surface area contributed by atoms with Crippen LogP contribution >= 0.6 is 11.6 Å². The minimum absolute atomic E-state index is 0.00467. The summed E-state index contributed by atoms with van der Waals surface area (Å²) >= 11 is 5.94. The summed E-state index contributed by atoms with van der Waals surface area (Å²) in [5, 5.41) is 8.72. The van der Waals surface area contributed by atoms with Crippen molar-refractivity contribution in [3.05, 3.63) is 106 Å². The second kappa shape index (κ2) is 14.1. The molecule has 0 saturated carbocycles. The van der Waals surface area contributed by atoms with Crippen LogP contribution in [0.4, 0.5) is 0 Å². The van der Waals surface area contributed by atoms with E-state index < -0.39 is 0 Å². The summed E-state index contributed by atoms with van der Waals surface area (Å²) in [5.41, 5.74) is 1.12. The highest BCUT2D eigenvalue weighted by Gasteiger charge is 2.25. The average Bonchev–Trinajstić information content (AvgIpc) is 3.58. The zero-order valence-corrected chi connectivity index (χ0v) is 26.8. The zero-order chi connectivity index (χ0) is 32.9. The molecule has 1 fully saturated rings. The van der Waals surface area contributed by atoms with E-state index in [2.05, 4.69) is 15.2 Å². The van der Waals surface area contributed by atoms with Crippen molar-refractivity contribution < 1.29 is 19.1 Å². The first-order valence-corrected chi connectivity index (χ1v) is 15.7. The summed E-state index contributed by atoms with van der Waals surface area (Å²) in [6, 6.07) is 19.1. The van der Waals surface area contributed by atoms with Crippen molar-refractivity contribution in [1.82, 2.24) is 34.3 Å². The Kier molecular flexibility index (Phi) is 9.60. The van der Waals surface area contributed by atoms with Crippen LogP contribution in [0.15, 0.2) is 83.9 Å². The summed E-state index contributed by atoms with van der Waals surface area (Å²) in [7, 11) is 0. The van der Waals surface area contributed by atoms with Gasteiger partial charge in [0.2, 0.25) is 0 Å². The average molecular weight is 656 g/mol. The summed E-state index contributed by atoms with van der Waals surface area (Å²) in [5.74, 6) is 1.22. The number of carbonyl (C=O) groups excluding carboxylic acids is 2. The van der Waals surface area contributed by atoms with Crippen molar-refractivity contribution in [2.45, 2.75) is 33.0 Å². The first-order chi connectivity index (χ1) is 22.7. The van der Waals surface area contributed by atoms with Crippen LogP contribution in [0.2, 0.25) is 5.02 Å². The number of ketones is 1. The lowest BCUT2D eigenvalue weighted by Gasteiger charge is -2.34. The third-order valence-corrected chi connectivity index (χ3v) is 8.03. The molecule has 47 heavy (non-hydrogen) atoms. The lowest BCUT2D eigenvalue weighted by molar-refractivity contribution is -0.135. The fraction of sp³-hybridized carbons (Fsp3) is 0.294. The van der Waals surface area contributed by atoms with Gasteiger partial charge in [0.1, 0.15) is 23.9 Å². The number of para-hydroxylation sites is 1. The summed E-state index contributed by atoms with van der Waals surface area (Å²) in [6.07, 6.45) is 2.94. The Morgan fingerprint density at radius 3 is 2.47 bits per heavy atom. The number of rotatable bonds is 11.